The molecule has 0 aromatic carbocycles. The summed E-state index contributed by atoms with van der Waals surface area (Å²) in [5, 5.41) is 3.93. The molecular formula is C14H21N4O+. The molecule has 1 saturated heterocycles. The Balaban J connectivity index is 1.65. The molecule has 1 aromatic heterocycles. The Morgan fingerprint density at radius 3 is 3.00 bits per heavy atom. The fourth-order valence-electron chi connectivity index (χ4n) is 2.28. The number of pyridine rings is 1. The van der Waals surface area contributed by atoms with Crippen LogP contribution in [0.4, 0.5) is 0 Å². The highest BCUT2D eigenvalue weighted by Crippen LogP contribution is 1.94. The number of nitrogens with one attached hydrogen (secondary N) is 2. The van der Waals surface area contributed by atoms with Gasteiger partial charge in [0.05, 0.1) is 32.3 Å². The Morgan fingerprint density at radius 1 is 1.42 bits per heavy atom. The van der Waals surface area contributed by atoms with E-state index >= 15 is 0 Å². The molecule has 19 heavy (non-hydrogen) atoms. The molecule has 0 aliphatic carbocycles. The third-order valence-electron chi connectivity index (χ3n) is 3.35. The van der Waals surface area contributed by atoms with Crippen LogP contribution >= 0.6 is 0 Å². The summed E-state index contributed by atoms with van der Waals surface area (Å²) < 4.78 is 0. The van der Waals surface area contributed by atoms with E-state index in [9.17, 15) is 4.79 Å². The summed E-state index contributed by atoms with van der Waals surface area (Å²) >= 11 is 0. The van der Waals surface area contributed by atoms with E-state index in [1.165, 1.54) is 37.3 Å². The van der Waals surface area contributed by atoms with Gasteiger partial charge in [0.1, 0.15) is 0 Å². The first-order valence-electron chi connectivity index (χ1n) is 6.90. The number of rotatable bonds is 5. The molecular weight excluding hydrogens is 240 g/mol. The summed E-state index contributed by atoms with van der Waals surface area (Å²) in [5.41, 5.74) is 3.44. The molecule has 1 aliphatic rings. The van der Waals surface area contributed by atoms with Crippen molar-refractivity contribution in [1.29, 1.82) is 0 Å². The van der Waals surface area contributed by atoms with Gasteiger partial charge in [0.2, 0.25) is 5.91 Å². The molecule has 0 bridgehead atoms. The van der Waals surface area contributed by atoms with Gasteiger partial charge in [0.25, 0.3) is 0 Å². The standard InChI is InChI=1S/C14H20N4O/c19-14(6-10-18-8-2-1-3-9-18)17-16-12-13-5-4-7-15-11-13/h4-5,7,11-12H,1-3,6,8-10H2,(H,17,19)/p+1. The highest BCUT2D eigenvalue weighted by Gasteiger charge is 2.14. The zero-order valence-electron chi connectivity index (χ0n) is 11.1. The topological polar surface area (TPSA) is 58.8 Å². The molecule has 0 unspecified atom stereocenters. The van der Waals surface area contributed by atoms with Crippen LogP contribution in [-0.2, 0) is 4.79 Å². The van der Waals surface area contributed by atoms with Crippen LogP contribution in [0.2, 0.25) is 0 Å². The van der Waals surface area contributed by atoms with Crippen molar-refractivity contribution in [3.05, 3.63) is 30.1 Å². The predicted molar refractivity (Wildman–Crippen MR) is 74.0 cm³/mol. The molecule has 102 valence electrons. The SMILES string of the molecule is O=C(CC[NH+]1CCCCC1)NN=Cc1cccnc1. The number of nitrogens with zero attached hydrogens (tertiary/aromatic N) is 2. The van der Waals surface area contributed by atoms with E-state index in [1.54, 1.807) is 18.6 Å². The van der Waals surface area contributed by atoms with Crippen molar-refractivity contribution in [3.63, 3.8) is 0 Å². The van der Waals surface area contributed by atoms with Crippen LogP contribution in [0.5, 0.6) is 0 Å². The second kappa shape index (κ2) is 7.63. The monoisotopic (exact) mass is 261 g/mol. The Bertz CT molecular complexity index is 413. The second-order valence-corrected chi connectivity index (χ2v) is 4.89. The number of aromatic nitrogens is 1. The average molecular weight is 261 g/mol. The number of hydrazone groups is 1. The zero-order valence-corrected chi connectivity index (χ0v) is 11.1. The van der Waals surface area contributed by atoms with E-state index in [0.29, 0.717) is 6.42 Å². The Labute approximate surface area is 113 Å². The molecule has 0 saturated carbocycles. The van der Waals surface area contributed by atoms with Crippen LogP contribution in [0.1, 0.15) is 31.2 Å². The van der Waals surface area contributed by atoms with Gasteiger partial charge in [-0.05, 0) is 25.3 Å². The van der Waals surface area contributed by atoms with Crippen molar-refractivity contribution < 1.29 is 9.69 Å². The maximum atomic E-state index is 11.6. The summed E-state index contributed by atoms with van der Waals surface area (Å²) in [6.45, 7) is 3.31. The quantitative estimate of drug-likeness (QED) is 0.578. The van der Waals surface area contributed by atoms with Crippen molar-refractivity contribution in [1.82, 2.24) is 10.4 Å². The van der Waals surface area contributed by atoms with Gasteiger partial charge in [0, 0.05) is 18.0 Å². The largest absolute Gasteiger partial charge is 0.335 e. The number of piperidine rings is 1. The van der Waals surface area contributed by atoms with E-state index in [-0.39, 0.29) is 5.91 Å². The van der Waals surface area contributed by atoms with Crippen LogP contribution in [-0.4, -0.2) is 36.7 Å². The lowest BCUT2D eigenvalue weighted by molar-refractivity contribution is -0.904. The third-order valence-corrected chi connectivity index (χ3v) is 3.35. The maximum absolute atomic E-state index is 11.6. The van der Waals surface area contributed by atoms with Gasteiger partial charge in [0.15, 0.2) is 0 Å². The fourth-order valence-corrected chi connectivity index (χ4v) is 2.28. The van der Waals surface area contributed by atoms with Crippen LogP contribution in [0.15, 0.2) is 29.6 Å². The summed E-state index contributed by atoms with van der Waals surface area (Å²) in [6, 6.07) is 3.73. The lowest BCUT2D eigenvalue weighted by Gasteiger charge is -2.22. The minimum atomic E-state index is -0.0155. The minimum Gasteiger partial charge on any atom is -0.335 e. The maximum Gasteiger partial charge on any atom is 0.245 e. The van der Waals surface area contributed by atoms with Gasteiger partial charge in [-0.1, -0.05) is 6.07 Å². The van der Waals surface area contributed by atoms with Crippen molar-refractivity contribution in [2.45, 2.75) is 25.7 Å². The summed E-state index contributed by atoms with van der Waals surface area (Å²) in [7, 11) is 0. The molecule has 1 aromatic rings. The predicted octanol–water partition coefficient (Wildman–Crippen LogP) is -0.00940. The number of carbonyl (C=O) groups is 1. The van der Waals surface area contributed by atoms with Gasteiger partial charge < -0.3 is 4.90 Å². The Morgan fingerprint density at radius 2 is 2.26 bits per heavy atom. The number of carbonyl (C=O) groups excluding carboxylic acids is 1. The Kier molecular flexibility index (Phi) is 5.49. The number of hydrogen-bond acceptors (Lipinski definition) is 3. The number of likely N-dealkylation sites (tertiary alicyclic amines) is 1. The lowest BCUT2D eigenvalue weighted by atomic mass is 10.1. The van der Waals surface area contributed by atoms with E-state index < -0.39 is 0 Å². The molecule has 2 rings (SSSR count). The molecule has 2 heterocycles. The van der Waals surface area contributed by atoms with Crippen LogP contribution in [0.3, 0.4) is 0 Å². The van der Waals surface area contributed by atoms with E-state index in [1.807, 2.05) is 12.1 Å². The van der Waals surface area contributed by atoms with Gasteiger partial charge in [-0.2, -0.15) is 5.10 Å². The van der Waals surface area contributed by atoms with Gasteiger partial charge in [-0.15, -0.1) is 0 Å². The highest BCUT2D eigenvalue weighted by atomic mass is 16.2. The smallest absolute Gasteiger partial charge is 0.245 e. The first kappa shape index (κ1) is 13.7. The molecule has 0 radical (unpaired) electrons. The summed E-state index contributed by atoms with van der Waals surface area (Å²) in [6.07, 6.45) is 9.47. The molecule has 5 heteroatoms. The van der Waals surface area contributed by atoms with Crippen LogP contribution < -0.4 is 10.3 Å². The van der Waals surface area contributed by atoms with Crippen molar-refractivity contribution in [2.75, 3.05) is 19.6 Å². The van der Waals surface area contributed by atoms with E-state index in [4.69, 9.17) is 0 Å². The summed E-state index contributed by atoms with van der Waals surface area (Å²) in [4.78, 5) is 17.1. The fraction of sp³-hybridized carbons (Fsp3) is 0.500. The molecule has 1 aliphatic heterocycles. The molecule has 0 spiro atoms. The number of quaternary nitrogens is 1. The first-order chi connectivity index (χ1) is 9.34. The Hall–Kier alpha value is -1.75. The van der Waals surface area contributed by atoms with Crippen molar-refractivity contribution in [3.8, 4) is 0 Å². The number of hydrogen-bond donors (Lipinski definition) is 2. The van der Waals surface area contributed by atoms with Gasteiger partial charge in [-0.25, -0.2) is 5.43 Å². The average Bonchev–Trinajstić information content (AvgIpc) is 2.47. The van der Waals surface area contributed by atoms with Gasteiger partial charge in [-0.3, -0.25) is 9.78 Å². The normalized spacial score (nSPS) is 16.6. The number of amides is 1. The van der Waals surface area contributed by atoms with Crippen molar-refractivity contribution in [2.24, 2.45) is 5.10 Å². The van der Waals surface area contributed by atoms with E-state index in [0.717, 1.165) is 12.1 Å². The molecule has 5 nitrogen and oxygen atoms in total. The zero-order chi connectivity index (χ0) is 13.3. The molecule has 0 atom stereocenters. The third kappa shape index (κ3) is 5.18. The first-order valence-corrected chi connectivity index (χ1v) is 6.90. The molecule has 1 fully saturated rings. The van der Waals surface area contributed by atoms with E-state index in [2.05, 4.69) is 15.5 Å². The van der Waals surface area contributed by atoms with Gasteiger partial charge >= 0.3 is 0 Å². The lowest BCUT2D eigenvalue weighted by Crippen LogP contribution is -3.12. The second-order valence-electron chi connectivity index (χ2n) is 4.89. The molecule has 1 amide bonds. The minimum absolute atomic E-state index is 0.0155. The van der Waals surface area contributed by atoms with Crippen LogP contribution in [0, 0.1) is 0 Å². The molecule has 2 N–H and O–H groups in total. The summed E-state index contributed by atoms with van der Waals surface area (Å²) in [5.74, 6) is -0.0155. The highest BCUT2D eigenvalue weighted by molar-refractivity contribution is 5.81. The van der Waals surface area contributed by atoms with Crippen LogP contribution in [0.25, 0.3) is 0 Å². The van der Waals surface area contributed by atoms with Crippen molar-refractivity contribution >= 4 is 12.1 Å².